The second-order valence-electron chi connectivity index (χ2n) is 6.29. The number of hydrogen-bond acceptors (Lipinski definition) is 1. The van der Waals surface area contributed by atoms with E-state index in [1.807, 2.05) is 4.90 Å². The molecule has 0 radical (unpaired) electrons. The van der Waals surface area contributed by atoms with E-state index < -0.39 is 11.7 Å². The molecular formula is C17H20F3NO. The Kier molecular flexibility index (Phi) is 4.15. The van der Waals surface area contributed by atoms with Crippen molar-refractivity contribution in [1.82, 2.24) is 4.90 Å². The van der Waals surface area contributed by atoms with Crippen molar-refractivity contribution in [3.8, 4) is 0 Å². The predicted molar refractivity (Wildman–Crippen MR) is 77.1 cm³/mol. The molecule has 1 amide bonds. The van der Waals surface area contributed by atoms with Crippen LogP contribution in [0, 0.1) is 5.92 Å². The number of hydrogen-bond donors (Lipinski definition) is 0. The average molecular weight is 311 g/mol. The Morgan fingerprint density at radius 3 is 2.23 bits per heavy atom. The monoisotopic (exact) mass is 311 g/mol. The third-order valence-corrected chi connectivity index (χ3v) is 4.86. The van der Waals surface area contributed by atoms with Gasteiger partial charge in [0.25, 0.3) is 0 Å². The van der Waals surface area contributed by atoms with Gasteiger partial charge in [-0.2, -0.15) is 13.2 Å². The number of carbonyl (C=O) groups is 1. The molecule has 5 heteroatoms. The van der Waals surface area contributed by atoms with E-state index >= 15 is 0 Å². The summed E-state index contributed by atoms with van der Waals surface area (Å²) in [4.78, 5) is 14.4. The Balaban J connectivity index is 1.79. The van der Waals surface area contributed by atoms with Crippen molar-refractivity contribution in [2.24, 2.45) is 5.92 Å². The van der Waals surface area contributed by atoms with E-state index in [4.69, 9.17) is 0 Å². The molecule has 1 aromatic carbocycles. The van der Waals surface area contributed by atoms with Crippen LogP contribution in [-0.4, -0.2) is 17.4 Å². The first-order chi connectivity index (χ1) is 10.5. The second kappa shape index (κ2) is 5.94. The molecule has 22 heavy (non-hydrogen) atoms. The minimum atomic E-state index is -4.31. The van der Waals surface area contributed by atoms with Gasteiger partial charge < -0.3 is 4.90 Å². The summed E-state index contributed by atoms with van der Waals surface area (Å²) in [7, 11) is 0. The van der Waals surface area contributed by atoms with Gasteiger partial charge in [0.1, 0.15) is 0 Å². The topological polar surface area (TPSA) is 20.3 Å². The van der Waals surface area contributed by atoms with Crippen molar-refractivity contribution in [3.05, 3.63) is 35.4 Å². The Labute approximate surface area is 128 Å². The van der Waals surface area contributed by atoms with E-state index in [0.29, 0.717) is 0 Å². The van der Waals surface area contributed by atoms with Gasteiger partial charge in [0, 0.05) is 12.5 Å². The number of amides is 1. The third kappa shape index (κ3) is 2.99. The molecule has 0 bridgehead atoms. The van der Waals surface area contributed by atoms with Gasteiger partial charge in [-0.05, 0) is 49.8 Å². The second-order valence-corrected chi connectivity index (χ2v) is 6.29. The summed E-state index contributed by atoms with van der Waals surface area (Å²) in [5.74, 6) is 0.325. The maximum atomic E-state index is 12.7. The largest absolute Gasteiger partial charge is 0.416 e. The molecule has 1 aliphatic carbocycles. The van der Waals surface area contributed by atoms with Gasteiger partial charge >= 0.3 is 6.18 Å². The SMILES string of the molecule is O=C(C1CCC1)N1CCCC[C@H]1c1ccc(C(F)(F)F)cc1. The highest BCUT2D eigenvalue weighted by atomic mass is 19.4. The van der Waals surface area contributed by atoms with E-state index in [1.165, 1.54) is 12.1 Å². The fraction of sp³-hybridized carbons (Fsp3) is 0.588. The van der Waals surface area contributed by atoms with Gasteiger partial charge in [-0.3, -0.25) is 4.79 Å². The van der Waals surface area contributed by atoms with E-state index in [2.05, 4.69) is 0 Å². The van der Waals surface area contributed by atoms with Gasteiger partial charge in [-0.1, -0.05) is 18.6 Å². The molecule has 0 spiro atoms. The van der Waals surface area contributed by atoms with E-state index in [-0.39, 0.29) is 17.9 Å². The highest BCUT2D eigenvalue weighted by molar-refractivity contribution is 5.80. The van der Waals surface area contributed by atoms with Crippen molar-refractivity contribution in [3.63, 3.8) is 0 Å². The lowest BCUT2D eigenvalue weighted by atomic mass is 9.83. The number of rotatable bonds is 2. The summed E-state index contributed by atoms with van der Waals surface area (Å²) in [5.41, 5.74) is 0.185. The van der Waals surface area contributed by atoms with Crippen molar-refractivity contribution in [2.45, 2.75) is 50.7 Å². The summed E-state index contributed by atoms with van der Waals surface area (Å²) in [6.07, 6.45) is 1.53. The van der Waals surface area contributed by atoms with Crippen LogP contribution >= 0.6 is 0 Å². The normalized spacial score (nSPS) is 23.2. The molecule has 0 unspecified atom stereocenters. The zero-order valence-corrected chi connectivity index (χ0v) is 12.4. The molecule has 1 atom stereocenters. The van der Waals surface area contributed by atoms with Crippen molar-refractivity contribution in [2.75, 3.05) is 6.54 Å². The van der Waals surface area contributed by atoms with Crippen LogP contribution in [0.25, 0.3) is 0 Å². The molecular weight excluding hydrogens is 291 g/mol. The fourth-order valence-corrected chi connectivity index (χ4v) is 3.33. The molecule has 2 fully saturated rings. The van der Waals surface area contributed by atoms with E-state index in [0.717, 1.165) is 62.8 Å². The fourth-order valence-electron chi connectivity index (χ4n) is 3.33. The summed E-state index contributed by atoms with van der Waals surface area (Å²) in [5, 5.41) is 0. The minimum Gasteiger partial charge on any atom is -0.335 e. The smallest absolute Gasteiger partial charge is 0.335 e. The van der Waals surface area contributed by atoms with Crippen molar-refractivity contribution in [1.29, 1.82) is 0 Å². The van der Waals surface area contributed by atoms with Gasteiger partial charge in [-0.15, -0.1) is 0 Å². The lowest BCUT2D eigenvalue weighted by Gasteiger charge is -2.40. The molecule has 1 aromatic rings. The van der Waals surface area contributed by atoms with Crippen LogP contribution in [-0.2, 0) is 11.0 Å². The summed E-state index contributed by atoms with van der Waals surface area (Å²) in [6.45, 7) is 0.723. The van der Waals surface area contributed by atoms with Crippen molar-refractivity contribution >= 4 is 5.91 Å². The zero-order valence-electron chi connectivity index (χ0n) is 12.4. The molecule has 1 aliphatic heterocycles. The summed E-state index contributed by atoms with van der Waals surface area (Å²) < 4.78 is 38.0. The Hall–Kier alpha value is -1.52. The van der Waals surface area contributed by atoms with Crippen LogP contribution in [0.2, 0.25) is 0 Å². The molecule has 1 saturated heterocycles. The van der Waals surface area contributed by atoms with Gasteiger partial charge in [0.15, 0.2) is 0 Å². The highest BCUT2D eigenvalue weighted by Crippen LogP contribution is 2.37. The van der Waals surface area contributed by atoms with E-state index in [9.17, 15) is 18.0 Å². The number of carbonyl (C=O) groups excluding carboxylic acids is 1. The van der Waals surface area contributed by atoms with Crippen LogP contribution in [0.1, 0.15) is 55.7 Å². The first kappa shape index (κ1) is 15.4. The average Bonchev–Trinajstić information content (AvgIpc) is 2.45. The Bertz CT molecular complexity index is 534. The summed E-state index contributed by atoms with van der Waals surface area (Å²) >= 11 is 0. The van der Waals surface area contributed by atoms with Crippen LogP contribution in [0.15, 0.2) is 24.3 Å². The maximum absolute atomic E-state index is 12.7. The lowest BCUT2D eigenvalue weighted by Crippen LogP contribution is -2.43. The highest BCUT2D eigenvalue weighted by Gasteiger charge is 2.35. The molecule has 1 heterocycles. The van der Waals surface area contributed by atoms with Gasteiger partial charge in [-0.25, -0.2) is 0 Å². The molecule has 120 valence electrons. The molecule has 2 aliphatic rings. The number of piperidine rings is 1. The van der Waals surface area contributed by atoms with Gasteiger partial charge in [0.2, 0.25) is 5.91 Å². The lowest BCUT2D eigenvalue weighted by molar-refractivity contribution is -0.142. The predicted octanol–water partition coefficient (Wildman–Crippen LogP) is 4.56. The number of likely N-dealkylation sites (tertiary alicyclic amines) is 1. The van der Waals surface area contributed by atoms with Crippen LogP contribution in [0.5, 0.6) is 0 Å². The first-order valence-corrected chi connectivity index (χ1v) is 7.94. The number of alkyl halides is 3. The standard InChI is InChI=1S/C17H20F3NO/c18-17(19,20)14-9-7-12(8-10-14)15-6-1-2-11-21(15)16(22)13-4-3-5-13/h7-10,13,15H,1-6,11H2/t15-/m0/s1. The number of nitrogens with zero attached hydrogens (tertiary/aromatic N) is 1. The molecule has 1 saturated carbocycles. The quantitative estimate of drug-likeness (QED) is 0.784. The molecule has 0 aromatic heterocycles. The Morgan fingerprint density at radius 2 is 1.68 bits per heavy atom. The molecule has 2 nitrogen and oxygen atoms in total. The first-order valence-electron chi connectivity index (χ1n) is 7.94. The Morgan fingerprint density at radius 1 is 1.00 bits per heavy atom. The van der Waals surface area contributed by atoms with Crippen LogP contribution in [0.4, 0.5) is 13.2 Å². The van der Waals surface area contributed by atoms with Crippen molar-refractivity contribution < 1.29 is 18.0 Å². The number of benzene rings is 1. The molecule has 3 rings (SSSR count). The minimum absolute atomic E-state index is 0.0656. The molecule has 0 N–H and O–H groups in total. The van der Waals surface area contributed by atoms with Crippen LogP contribution in [0.3, 0.4) is 0 Å². The zero-order chi connectivity index (χ0) is 15.7. The van der Waals surface area contributed by atoms with E-state index in [1.54, 1.807) is 0 Å². The maximum Gasteiger partial charge on any atom is 0.416 e. The third-order valence-electron chi connectivity index (χ3n) is 4.86. The summed E-state index contributed by atoms with van der Waals surface area (Å²) in [6, 6.07) is 5.23. The number of halogens is 3. The van der Waals surface area contributed by atoms with Gasteiger partial charge in [0.05, 0.1) is 11.6 Å². The van der Waals surface area contributed by atoms with Crippen LogP contribution < -0.4 is 0 Å².